The molecule has 1 aliphatic heterocycles. The summed E-state index contributed by atoms with van der Waals surface area (Å²) >= 11 is 2.10. The van der Waals surface area contributed by atoms with Crippen molar-refractivity contribution in [1.82, 2.24) is 24.6 Å². The van der Waals surface area contributed by atoms with Crippen molar-refractivity contribution in [2.24, 2.45) is 0 Å². The van der Waals surface area contributed by atoms with E-state index in [2.05, 4.69) is 37.7 Å². The minimum absolute atomic E-state index is 0.338. The lowest BCUT2D eigenvalue weighted by molar-refractivity contribution is 0.0270. The number of ether oxygens (including phenoxy) is 1. The SMILES string of the molecule is CC(c1oc(=O)c2ccccc2c1C1=CCN(C(=O)OC(C)(C)C)CC1)n1nc(I)c2c(N)ncnc21. The number of carbonyl (C=O) groups excluding carboxylic acids is 1. The first-order valence-corrected chi connectivity index (χ1v) is 13.0. The van der Waals surface area contributed by atoms with Crippen LogP contribution in [0.4, 0.5) is 10.6 Å². The molecule has 4 heterocycles. The van der Waals surface area contributed by atoms with Gasteiger partial charge in [-0.05, 0) is 73.7 Å². The van der Waals surface area contributed by atoms with Gasteiger partial charge in [-0.25, -0.2) is 24.2 Å². The molecule has 0 aliphatic carbocycles. The van der Waals surface area contributed by atoms with Gasteiger partial charge < -0.3 is 19.8 Å². The molecule has 0 saturated carbocycles. The van der Waals surface area contributed by atoms with Crippen molar-refractivity contribution in [3.8, 4) is 0 Å². The van der Waals surface area contributed by atoms with Gasteiger partial charge in [-0.2, -0.15) is 5.10 Å². The number of rotatable bonds is 3. The number of carbonyl (C=O) groups is 1. The molecule has 1 aliphatic rings. The summed E-state index contributed by atoms with van der Waals surface area (Å²) in [6.07, 6.45) is 3.61. The normalized spacial score (nSPS) is 15.2. The van der Waals surface area contributed by atoms with Gasteiger partial charge in [0.15, 0.2) is 5.65 Å². The predicted octanol–water partition coefficient (Wildman–Crippen LogP) is 4.75. The molecule has 0 saturated heterocycles. The molecule has 1 amide bonds. The molecule has 10 nitrogen and oxygen atoms in total. The van der Waals surface area contributed by atoms with E-state index >= 15 is 0 Å². The van der Waals surface area contributed by atoms with Crippen molar-refractivity contribution >= 4 is 61.9 Å². The summed E-state index contributed by atoms with van der Waals surface area (Å²) in [5.41, 5.74) is 7.47. The van der Waals surface area contributed by atoms with E-state index in [1.54, 1.807) is 15.6 Å². The molecule has 0 radical (unpaired) electrons. The van der Waals surface area contributed by atoms with Crippen molar-refractivity contribution in [2.75, 3.05) is 18.8 Å². The zero-order chi connectivity index (χ0) is 26.5. The van der Waals surface area contributed by atoms with E-state index in [0.29, 0.717) is 51.2 Å². The maximum atomic E-state index is 13.0. The highest BCUT2D eigenvalue weighted by atomic mass is 127. The van der Waals surface area contributed by atoms with E-state index in [1.807, 2.05) is 52.0 Å². The Bertz CT molecular complexity index is 1620. The molecular formula is C26H27IN6O4. The average molecular weight is 614 g/mol. The molecule has 0 fully saturated rings. The van der Waals surface area contributed by atoms with E-state index < -0.39 is 17.3 Å². The molecule has 4 aromatic rings. The van der Waals surface area contributed by atoms with Crippen LogP contribution in [0.25, 0.3) is 27.4 Å². The summed E-state index contributed by atoms with van der Waals surface area (Å²) in [6.45, 7) is 8.32. The van der Waals surface area contributed by atoms with E-state index in [-0.39, 0.29) is 6.09 Å². The fourth-order valence-electron chi connectivity index (χ4n) is 4.57. The van der Waals surface area contributed by atoms with Gasteiger partial charge in [-0.15, -0.1) is 0 Å². The van der Waals surface area contributed by atoms with Crippen LogP contribution in [0, 0.1) is 3.70 Å². The molecule has 1 atom stereocenters. The minimum atomic E-state index is -0.570. The third-order valence-corrected chi connectivity index (χ3v) is 7.02. The predicted molar refractivity (Wildman–Crippen MR) is 149 cm³/mol. The van der Waals surface area contributed by atoms with Crippen LogP contribution < -0.4 is 11.4 Å². The fraction of sp³-hybridized carbons (Fsp3) is 0.346. The van der Waals surface area contributed by atoms with E-state index in [0.717, 1.165) is 16.5 Å². The lowest BCUT2D eigenvalue weighted by Crippen LogP contribution is -2.39. The first kappa shape index (κ1) is 25.2. The second-order valence-corrected chi connectivity index (χ2v) is 11.0. The Balaban J connectivity index is 1.63. The second-order valence-electron chi connectivity index (χ2n) is 9.95. The number of hydrogen-bond donors (Lipinski definition) is 1. The number of amides is 1. The Labute approximate surface area is 226 Å². The van der Waals surface area contributed by atoms with Crippen LogP contribution in [0.5, 0.6) is 0 Å². The molecule has 1 unspecified atom stereocenters. The highest BCUT2D eigenvalue weighted by Crippen LogP contribution is 2.36. The number of aromatic nitrogens is 4. The Morgan fingerprint density at radius 1 is 1.22 bits per heavy atom. The molecule has 2 N–H and O–H groups in total. The van der Waals surface area contributed by atoms with Crippen LogP contribution in [-0.4, -0.2) is 49.4 Å². The lowest BCUT2D eigenvalue weighted by atomic mass is 9.92. The van der Waals surface area contributed by atoms with Crippen LogP contribution in [-0.2, 0) is 4.74 Å². The standard InChI is InChI=1S/C26H27IN6O4/c1-14(33-23-19(21(27)31-33)22(28)29-13-30-23)20-18(16-7-5-6-8-17(16)24(34)36-20)15-9-11-32(12-10-15)25(35)37-26(2,3)4/h5-9,13-14H,10-12H2,1-4H3,(H2,28,29,30). The van der Waals surface area contributed by atoms with Gasteiger partial charge in [0.25, 0.3) is 0 Å². The molecule has 11 heteroatoms. The van der Waals surface area contributed by atoms with Gasteiger partial charge in [0.05, 0.1) is 10.8 Å². The Morgan fingerprint density at radius 2 is 1.95 bits per heavy atom. The fourth-order valence-corrected chi connectivity index (χ4v) is 5.32. The van der Waals surface area contributed by atoms with Gasteiger partial charge in [0.1, 0.15) is 33.2 Å². The summed E-state index contributed by atoms with van der Waals surface area (Å²) in [6, 6.07) is 6.92. The van der Waals surface area contributed by atoms with Crippen molar-refractivity contribution < 1.29 is 13.9 Å². The Morgan fingerprint density at radius 3 is 2.62 bits per heavy atom. The van der Waals surface area contributed by atoms with Crippen LogP contribution in [0.2, 0.25) is 0 Å². The summed E-state index contributed by atoms with van der Waals surface area (Å²) in [5, 5.41) is 6.60. The molecule has 0 spiro atoms. The Hall–Kier alpha value is -3.48. The first-order chi connectivity index (χ1) is 17.5. The molecule has 37 heavy (non-hydrogen) atoms. The van der Waals surface area contributed by atoms with Crippen molar-refractivity contribution in [3.63, 3.8) is 0 Å². The largest absolute Gasteiger partial charge is 0.444 e. The third-order valence-electron chi connectivity index (χ3n) is 6.27. The van der Waals surface area contributed by atoms with E-state index in [9.17, 15) is 9.59 Å². The van der Waals surface area contributed by atoms with Gasteiger partial charge >= 0.3 is 11.7 Å². The molecule has 3 aromatic heterocycles. The van der Waals surface area contributed by atoms with E-state index in [4.69, 9.17) is 14.9 Å². The number of anilines is 1. The zero-order valence-electron chi connectivity index (χ0n) is 21.0. The van der Waals surface area contributed by atoms with Crippen LogP contribution >= 0.6 is 22.6 Å². The highest BCUT2D eigenvalue weighted by molar-refractivity contribution is 14.1. The second kappa shape index (κ2) is 9.43. The van der Waals surface area contributed by atoms with Crippen LogP contribution in [0.3, 0.4) is 0 Å². The van der Waals surface area contributed by atoms with Gasteiger partial charge in [0, 0.05) is 18.7 Å². The van der Waals surface area contributed by atoms with Gasteiger partial charge in [-0.1, -0.05) is 24.3 Å². The van der Waals surface area contributed by atoms with Gasteiger partial charge in [0.2, 0.25) is 0 Å². The third kappa shape index (κ3) is 4.67. The van der Waals surface area contributed by atoms with Crippen LogP contribution in [0.1, 0.15) is 51.5 Å². The Kier molecular flexibility index (Phi) is 6.42. The number of benzene rings is 1. The lowest BCUT2D eigenvalue weighted by Gasteiger charge is -2.30. The number of nitrogen functional groups attached to an aromatic ring is 1. The summed E-state index contributed by atoms with van der Waals surface area (Å²) < 4.78 is 13.9. The summed E-state index contributed by atoms with van der Waals surface area (Å²) in [5.74, 6) is 0.809. The zero-order valence-corrected chi connectivity index (χ0v) is 23.1. The van der Waals surface area contributed by atoms with E-state index in [1.165, 1.54) is 6.33 Å². The topological polar surface area (TPSA) is 129 Å². The smallest absolute Gasteiger partial charge is 0.410 e. The number of nitrogens with zero attached hydrogens (tertiary/aromatic N) is 5. The molecule has 1 aromatic carbocycles. The first-order valence-electron chi connectivity index (χ1n) is 11.9. The van der Waals surface area contributed by atoms with Crippen molar-refractivity contribution in [3.05, 3.63) is 62.1 Å². The van der Waals surface area contributed by atoms with Crippen LogP contribution in [0.15, 0.2) is 45.9 Å². The average Bonchev–Trinajstić information content (AvgIpc) is 3.20. The van der Waals surface area contributed by atoms with Gasteiger partial charge in [-0.3, -0.25) is 0 Å². The summed E-state index contributed by atoms with van der Waals surface area (Å²) in [4.78, 5) is 35.8. The monoisotopic (exact) mass is 614 g/mol. The number of hydrogen-bond acceptors (Lipinski definition) is 8. The number of fused-ring (bicyclic) bond motifs is 2. The molecule has 5 rings (SSSR count). The number of nitrogens with two attached hydrogens (primary N) is 1. The number of halogens is 1. The summed E-state index contributed by atoms with van der Waals surface area (Å²) in [7, 11) is 0. The maximum Gasteiger partial charge on any atom is 0.410 e. The quantitative estimate of drug-likeness (QED) is 0.328. The molecule has 0 bridgehead atoms. The highest BCUT2D eigenvalue weighted by Gasteiger charge is 2.29. The molecule has 192 valence electrons. The maximum absolute atomic E-state index is 13.0. The molecular weight excluding hydrogens is 587 g/mol. The van der Waals surface area contributed by atoms with Crippen molar-refractivity contribution in [1.29, 1.82) is 0 Å². The minimum Gasteiger partial charge on any atom is -0.444 e. The van der Waals surface area contributed by atoms with Crippen molar-refractivity contribution in [2.45, 2.75) is 45.8 Å².